The molecule has 0 bridgehead atoms. The lowest BCUT2D eigenvalue weighted by Crippen LogP contribution is -2.23. The molecule has 1 saturated carbocycles. The maximum Gasteiger partial charge on any atom is 0.227 e. The third kappa shape index (κ3) is 3.50. The summed E-state index contributed by atoms with van der Waals surface area (Å²) < 4.78 is 23.0. The van der Waals surface area contributed by atoms with Gasteiger partial charge in [0.15, 0.2) is 9.84 Å². The first-order valence-corrected chi connectivity index (χ1v) is 8.60. The number of carbonyl (C=O) groups is 1. The molecular weight excluding hydrogens is 300 g/mol. The number of nitrogens with one attached hydrogen (secondary N) is 1. The number of nitrogens with two attached hydrogens (primary N) is 1. The highest BCUT2D eigenvalue weighted by molar-refractivity contribution is 7.90. The Morgan fingerprint density at radius 2 is 2.10 bits per heavy atom. The number of carbonyl (C=O) groups excluding carboxylic acids is 1. The van der Waals surface area contributed by atoms with Crippen molar-refractivity contribution in [3.8, 4) is 0 Å². The van der Waals surface area contributed by atoms with E-state index < -0.39 is 9.84 Å². The number of sulfone groups is 1. The van der Waals surface area contributed by atoms with Crippen LogP contribution in [0.2, 0.25) is 5.02 Å². The van der Waals surface area contributed by atoms with E-state index in [0.29, 0.717) is 17.1 Å². The van der Waals surface area contributed by atoms with Crippen LogP contribution in [0.4, 0.5) is 5.69 Å². The molecule has 2 rings (SSSR count). The molecule has 0 aromatic heterocycles. The summed E-state index contributed by atoms with van der Waals surface area (Å²) in [5, 5.41) is 3.01. The number of anilines is 1. The molecule has 1 fully saturated rings. The van der Waals surface area contributed by atoms with Crippen molar-refractivity contribution in [2.75, 3.05) is 11.6 Å². The van der Waals surface area contributed by atoms with Gasteiger partial charge in [0.1, 0.15) is 0 Å². The van der Waals surface area contributed by atoms with Gasteiger partial charge in [-0.1, -0.05) is 11.6 Å². The molecule has 2 atom stereocenters. The van der Waals surface area contributed by atoms with E-state index in [1.165, 1.54) is 18.2 Å². The van der Waals surface area contributed by atoms with Crippen molar-refractivity contribution in [1.29, 1.82) is 0 Å². The Hall–Kier alpha value is -1.11. The van der Waals surface area contributed by atoms with Gasteiger partial charge in [-0.25, -0.2) is 8.42 Å². The minimum Gasteiger partial charge on any atom is -0.328 e. The van der Waals surface area contributed by atoms with Crippen molar-refractivity contribution in [3.05, 3.63) is 23.2 Å². The molecule has 0 spiro atoms. The molecule has 1 aliphatic carbocycles. The van der Waals surface area contributed by atoms with Crippen molar-refractivity contribution < 1.29 is 13.2 Å². The maximum absolute atomic E-state index is 12.1. The zero-order chi connectivity index (χ0) is 14.9. The molecular formula is C13H17ClN2O3S. The third-order valence-electron chi connectivity index (χ3n) is 3.47. The molecule has 1 amide bonds. The Balaban J connectivity index is 2.18. The van der Waals surface area contributed by atoms with Gasteiger partial charge in [-0.05, 0) is 37.5 Å². The normalized spacial score (nSPS) is 22.8. The molecule has 5 nitrogen and oxygen atoms in total. The summed E-state index contributed by atoms with van der Waals surface area (Å²) in [7, 11) is -3.34. The van der Waals surface area contributed by atoms with Crippen molar-refractivity contribution in [2.45, 2.75) is 30.2 Å². The number of amides is 1. The molecule has 0 saturated heterocycles. The number of hydrogen-bond acceptors (Lipinski definition) is 4. The Morgan fingerprint density at radius 3 is 2.65 bits per heavy atom. The Bertz CT molecular complexity index is 631. The highest BCUT2D eigenvalue weighted by Crippen LogP contribution is 2.29. The molecule has 1 aromatic carbocycles. The molecule has 1 aliphatic rings. The van der Waals surface area contributed by atoms with E-state index in [1.54, 1.807) is 0 Å². The van der Waals surface area contributed by atoms with Crippen LogP contribution in [0.5, 0.6) is 0 Å². The Morgan fingerprint density at radius 1 is 1.40 bits per heavy atom. The molecule has 110 valence electrons. The molecule has 0 radical (unpaired) electrons. The van der Waals surface area contributed by atoms with E-state index in [9.17, 15) is 13.2 Å². The lowest BCUT2D eigenvalue weighted by Gasteiger charge is -2.12. The summed E-state index contributed by atoms with van der Waals surface area (Å²) in [5.74, 6) is -0.298. The second-order valence-electron chi connectivity index (χ2n) is 5.17. The number of halogens is 1. The van der Waals surface area contributed by atoms with Gasteiger partial charge in [0.2, 0.25) is 5.91 Å². The van der Waals surface area contributed by atoms with Crippen molar-refractivity contribution in [3.63, 3.8) is 0 Å². The number of rotatable bonds is 3. The fourth-order valence-electron chi connectivity index (χ4n) is 2.32. The topological polar surface area (TPSA) is 89.3 Å². The minimum absolute atomic E-state index is 0.0589. The van der Waals surface area contributed by atoms with Gasteiger partial charge in [0.05, 0.1) is 15.6 Å². The lowest BCUT2D eigenvalue weighted by atomic mass is 10.1. The molecule has 2 unspecified atom stereocenters. The number of hydrogen-bond donors (Lipinski definition) is 2. The molecule has 7 heteroatoms. The van der Waals surface area contributed by atoms with Gasteiger partial charge in [0, 0.05) is 18.2 Å². The van der Waals surface area contributed by atoms with Crippen molar-refractivity contribution in [2.24, 2.45) is 11.7 Å². The maximum atomic E-state index is 12.1. The summed E-state index contributed by atoms with van der Waals surface area (Å²) in [6, 6.07) is 4.32. The summed E-state index contributed by atoms with van der Waals surface area (Å²) >= 11 is 5.99. The predicted molar refractivity (Wildman–Crippen MR) is 78.5 cm³/mol. The summed E-state index contributed by atoms with van der Waals surface area (Å²) in [6.07, 6.45) is 3.33. The van der Waals surface area contributed by atoms with E-state index >= 15 is 0 Å². The molecule has 20 heavy (non-hydrogen) atoms. The van der Waals surface area contributed by atoms with Gasteiger partial charge < -0.3 is 11.1 Å². The molecule has 1 aromatic rings. The van der Waals surface area contributed by atoms with E-state index in [0.717, 1.165) is 19.1 Å². The van der Waals surface area contributed by atoms with Crippen LogP contribution in [0.3, 0.4) is 0 Å². The van der Waals surface area contributed by atoms with Gasteiger partial charge in [-0.15, -0.1) is 0 Å². The smallest absolute Gasteiger partial charge is 0.227 e. The standard InChI is InChI=1S/C13H17ClN2O3S/c1-20(18,19)10-4-5-11(14)12(7-10)16-13(17)8-2-3-9(15)6-8/h4-5,7-9H,2-3,6,15H2,1H3,(H,16,17). The highest BCUT2D eigenvalue weighted by atomic mass is 35.5. The summed E-state index contributed by atoms with van der Waals surface area (Å²) in [4.78, 5) is 12.2. The first-order valence-electron chi connectivity index (χ1n) is 6.33. The average molecular weight is 317 g/mol. The Labute approximate surface area is 123 Å². The summed E-state index contributed by atoms with van der Waals surface area (Å²) in [5.41, 5.74) is 6.10. The van der Waals surface area contributed by atoms with Crippen LogP contribution >= 0.6 is 11.6 Å². The fraction of sp³-hybridized carbons (Fsp3) is 0.462. The molecule has 0 aliphatic heterocycles. The first-order chi connectivity index (χ1) is 9.27. The van der Waals surface area contributed by atoms with Crippen LogP contribution in [-0.4, -0.2) is 26.6 Å². The third-order valence-corrected chi connectivity index (χ3v) is 4.91. The zero-order valence-corrected chi connectivity index (χ0v) is 12.7. The van der Waals surface area contributed by atoms with Crippen LogP contribution < -0.4 is 11.1 Å². The quantitative estimate of drug-likeness (QED) is 0.890. The first kappa shape index (κ1) is 15.3. The fourth-order valence-corrected chi connectivity index (χ4v) is 3.13. The predicted octanol–water partition coefficient (Wildman–Crippen LogP) is 1.81. The van der Waals surface area contributed by atoms with Crippen LogP contribution in [0.15, 0.2) is 23.1 Å². The molecule has 0 heterocycles. The van der Waals surface area contributed by atoms with Crippen LogP contribution in [0, 0.1) is 5.92 Å². The van der Waals surface area contributed by atoms with E-state index in [4.69, 9.17) is 17.3 Å². The van der Waals surface area contributed by atoms with Crippen molar-refractivity contribution >= 4 is 33.0 Å². The van der Waals surface area contributed by atoms with Gasteiger partial charge in [-0.2, -0.15) is 0 Å². The average Bonchev–Trinajstić information content (AvgIpc) is 2.77. The van der Waals surface area contributed by atoms with E-state index in [1.807, 2.05) is 0 Å². The minimum atomic E-state index is -3.34. The molecule has 3 N–H and O–H groups in total. The Kier molecular flexibility index (Phi) is 4.36. The van der Waals surface area contributed by atoms with E-state index in [-0.39, 0.29) is 22.8 Å². The van der Waals surface area contributed by atoms with Gasteiger partial charge in [0.25, 0.3) is 0 Å². The lowest BCUT2D eigenvalue weighted by molar-refractivity contribution is -0.119. The van der Waals surface area contributed by atoms with E-state index in [2.05, 4.69) is 5.32 Å². The van der Waals surface area contributed by atoms with Gasteiger partial charge >= 0.3 is 0 Å². The number of benzene rings is 1. The zero-order valence-electron chi connectivity index (χ0n) is 11.1. The van der Waals surface area contributed by atoms with Crippen LogP contribution in [0.1, 0.15) is 19.3 Å². The second-order valence-corrected chi connectivity index (χ2v) is 7.60. The largest absolute Gasteiger partial charge is 0.328 e. The SMILES string of the molecule is CS(=O)(=O)c1ccc(Cl)c(NC(=O)C2CCC(N)C2)c1. The second kappa shape index (κ2) is 5.71. The monoisotopic (exact) mass is 316 g/mol. The summed E-state index contributed by atoms with van der Waals surface area (Å²) in [6.45, 7) is 0. The van der Waals surface area contributed by atoms with Gasteiger partial charge in [-0.3, -0.25) is 4.79 Å². The van der Waals surface area contributed by atoms with Crippen molar-refractivity contribution in [1.82, 2.24) is 0 Å². The van der Waals surface area contributed by atoms with Crippen LogP contribution in [0.25, 0.3) is 0 Å². The highest BCUT2D eigenvalue weighted by Gasteiger charge is 2.28. The van der Waals surface area contributed by atoms with Crippen LogP contribution in [-0.2, 0) is 14.6 Å².